The molecule has 1 aromatic carbocycles. The van der Waals surface area contributed by atoms with Gasteiger partial charge in [0, 0.05) is 5.56 Å². The Morgan fingerprint density at radius 1 is 1.00 bits per heavy atom. The van der Waals surface area contributed by atoms with Gasteiger partial charge in [-0.3, -0.25) is 5.41 Å². The molecule has 0 bridgehead atoms. The number of hydrogen-bond donors (Lipinski definition) is 2. The summed E-state index contributed by atoms with van der Waals surface area (Å²) >= 11 is 0. The maximum absolute atomic E-state index is 7.73. The number of aryl methyl sites for hydroxylation is 1. The Kier molecular flexibility index (Phi) is 7.24. The molecule has 1 saturated carbocycles. The number of benzene rings is 1. The lowest BCUT2D eigenvalue weighted by atomic mass is 10.0. The molecule has 0 spiro atoms. The molecule has 5 nitrogen and oxygen atoms in total. The van der Waals surface area contributed by atoms with E-state index in [-0.39, 0.29) is 5.84 Å². The number of unbranched alkanes of at least 4 members (excludes halogenated alkanes) is 8. The van der Waals surface area contributed by atoms with Crippen molar-refractivity contribution in [1.29, 1.82) is 5.41 Å². The molecule has 1 aliphatic carbocycles. The molecule has 1 aliphatic rings. The Balaban J connectivity index is 1.40. The van der Waals surface area contributed by atoms with Crippen LogP contribution in [0.4, 0.5) is 0 Å². The van der Waals surface area contributed by atoms with Crippen molar-refractivity contribution in [2.75, 3.05) is 0 Å². The molecule has 2 aromatic rings. The molecule has 28 heavy (non-hydrogen) atoms. The van der Waals surface area contributed by atoms with Crippen molar-refractivity contribution in [1.82, 2.24) is 10.1 Å². The highest BCUT2D eigenvalue weighted by molar-refractivity contribution is 5.91. The van der Waals surface area contributed by atoms with Crippen LogP contribution in [0, 0.1) is 5.41 Å². The molecule has 5 heteroatoms. The summed E-state index contributed by atoms with van der Waals surface area (Å²) in [5.41, 5.74) is 7.50. The topological polar surface area (TPSA) is 88.8 Å². The molecular weight excluding hydrogens is 348 g/mol. The molecule has 1 aromatic heterocycles. The summed E-state index contributed by atoms with van der Waals surface area (Å²) in [6.45, 7) is 2.27. The van der Waals surface area contributed by atoms with Gasteiger partial charge < -0.3 is 10.3 Å². The van der Waals surface area contributed by atoms with Crippen molar-refractivity contribution in [3.05, 3.63) is 35.7 Å². The smallest absolute Gasteiger partial charge is 0.240 e. The zero-order valence-corrected chi connectivity index (χ0v) is 17.2. The van der Waals surface area contributed by atoms with Crippen LogP contribution in [0.25, 0.3) is 11.4 Å². The van der Waals surface area contributed by atoms with Crippen molar-refractivity contribution in [3.63, 3.8) is 0 Å². The lowest BCUT2D eigenvalue weighted by molar-refractivity contribution is 0.367. The molecule has 0 aliphatic heterocycles. The molecule has 3 N–H and O–H groups in total. The fourth-order valence-electron chi connectivity index (χ4n) is 3.72. The van der Waals surface area contributed by atoms with Gasteiger partial charge in [0.25, 0.3) is 0 Å². The first-order valence-corrected chi connectivity index (χ1v) is 10.9. The molecule has 0 saturated heterocycles. The molecule has 0 radical (unpaired) electrons. The molecule has 152 valence electrons. The largest absolute Gasteiger partial charge is 0.387 e. The zero-order chi connectivity index (χ0) is 19.8. The fourth-order valence-corrected chi connectivity index (χ4v) is 3.72. The summed E-state index contributed by atoms with van der Waals surface area (Å²) in [6, 6.07) is 8.44. The van der Waals surface area contributed by atoms with E-state index >= 15 is 0 Å². The van der Waals surface area contributed by atoms with Gasteiger partial charge in [0.05, 0.1) is 0 Å². The lowest BCUT2D eigenvalue weighted by Gasteiger charge is -2.05. The third-order valence-corrected chi connectivity index (χ3v) is 5.88. The van der Waals surface area contributed by atoms with E-state index in [4.69, 9.17) is 15.7 Å². The zero-order valence-electron chi connectivity index (χ0n) is 17.2. The van der Waals surface area contributed by atoms with E-state index in [1.165, 1.54) is 63.4 Å². The van der Waals surface area contributed by atoms with Crippen LogP contribution in [0.3, 0.4) is 0 Å². The maximum Gasteiger partial charge on any atom is 0.240 e. The molecule has 1 fully saturated rings. The SMILES string of the molecule is CCCCCCCCCCCc1ccc(-c2noc(C3(C(=N)N)CC3)n2)cc1. The summed E-state index contributed by atoms with van der Waals surface area (Å²) in [4.78, 5) is 4.49. The van der Waals surface area contributed by atoms with E-state index in [9.17, 15) is 0 Å². The summed E-state index contributed by atoms with van der Waals surface area (Å²) < 4.78 is 5.39. The Bertz CT molecular complexity index is 746. The second kappa shape index (κ2) is 9.85. The highest BCUT2D eigenvalue weighted by atomic mass is 16.5. The van der Waals surface area contributed by atoms with Gasteiger partial charge in [0.1, 0.15) is 11.3 Å². The Labute approximate surface area is 168 Å². The first kappa shape index (κ1) is 20.6. The van der Waals surface area contributed by atoms with Crippen molar-refractivity contribution in [2.45, 2.75) is 89.4 Å². The van der Waals surface area contributed by atoms with E-state index in [2.05, 4.69) is 41.3 Å². The van der Waals surface area contributed by atoms with Gasteiger partial charge in [-0.1, -0.05) is 87.7 Å². The van der Waals surface area contributed by atoms with Gasteiger partial charge in [-0.2, -0.15) is 4.98 Å². The van der Waals surface area contributed by atoms with E-state index in [1.807, 2.05) is 0 Å². The monoisotopic (exact) mass is 382 g/mol. The summed E-state index contributed by atoms with van der Waals surface area (Å²) in [5.74, 6) is 1.19. The number of amidine groups is 1. The normalized spacial score (nSPS) is 14.9. The van der Waals surface area contributed by atoms with Crippen LogP contribution >= 0.6 is 0 Å². The highest BCUT2D eigenvalue weighted by Crippen LogP contribution is 2.47. The van der Waals surface area contributed by atoms with Gasteiger partial charge >= 0.3 is 0 Å². The van der Waals surface area contributed by atoms with E-state index < -0.39 is 5.41 Å². The van der Waals surface area contributed by atoms with E-state index in [0.717, 1.165) is 24.8 Å². The fraction of sp³-hybridized carbons (Fsp3) is 0.609. The Hall–Kier alpha value is -2.17. The van der Waals surface area contributed by atoms with Gasteiger partial charge in [-0.25, -0.2) is 0 Å². The standard InChI is InChI=1S/C23H34N4O/c1-2-3-4-5-6-7-8-9-10-11-18-12-14-19(15-13-18)20-26-22(28-27-20)23(16-17-23)21(24)25/h12-15H,2-11,16-17H2,1H3,(H3,24,25). The summed E-state index contributed by atoms with van der Waals surface area (Å²) in [6.07, 6.45) is 15.0. The second-order valence-electron chi connectivity index (χ2n) is 8.19. The van der Waals surface area contributed by atoms with Crippen molar-refractivity contribution >= 4 is 5.84 Å². The number of aromatic nitrogens is 2. The first-order valence-electron chi connectivity index (χ1n) is 10.9. The van der Waals surface area contributed by atoms with Crippen LogP contribution in [0.2, 0.25) is 0 Å². The number of rotatable bonds is 13. The van der Waals surface area contributed by atoms with Crippen molar-refractivity contribution in [3.8, 4) is 11.4 Å². The van der Waals surface area contributed by atoms with Gasteiger partial charge in [-0.05, 0) is 31.2 Å². The second-order valence-corrected chi connectivity index (χ2v) is 8.19. The number of nitrogens with one attached hydrogen (secondary N) is 1. The average Bonchev–Trinajstić information content (AvgIpc) is 3.38. The van der Waals surface area contributed by atoms with Crippen molar-refractivity contribution in [2.24, 2.45) is 5.73 Å². The summed E-state index contributed by atoms with van der Waals surface area (Å²) in [5, 5.41) is 11.8. The number of nitrogens with two attached hydrogens (primary N) is 1. The van der Waals surface area contributed by atoms with Crippen LogP contribution in [0.15, 0.2) is 28.8 Å². The Morgan fingerprint density at radius 2 is 1.61 bits per heavy atom. The van der Waals surface area contributed by atoms with Crippen LogP contribution in [0.1, 0.15) is 89.0 Å². The van der Waals surface area contributed by atoms with Crippen LogP contribution in [-0.4, -0.2) is 16.0 Å². The molecule has 3 rings (SSSR count). The molecule has 0 atom stereocenters. The molecule has 0 unspecified atom stereocenters. The highest BCUT2D eigenvalue weighted by Gasteiger charge is 2.52. The predicted molar refractivity (Wildman–Crippen MR) is 113 cm³/mol. The van der Waals surface area contributed by atoms with Crippen LogP contribution < -0.4 is 5.73 Å². The molecule has 0 amide bonds. The lowest BCUT2D eigenvalue weighted by Crippen LogP contribution is -2.27. The predicted octanol–water partition coefficient (Wildman–Crippen LogP) is 5.78. The number of nitrogens with zero attached hydrogens (tertiary/aromatic N) is 2. The maximum atomic E-state index is 7.73. The van der Waals surface area contributed by atoms with E-state index in [0.29, 0.717) is 11.7 Å². The van der Waals surface area contributed by atoms with Crippen molar-refractivity contribution < 1.29 is 4.52 Å². The third-order valence-electron chi connectivity index (χ3n) is 5.88. The number of hydrogen-bond acceptors (Lipinski definition) is 4. The first-order chi connectivity index (χ1) is 13.7. The molecule has 1 heterocycles. The quantitative estimate of drug-likeness (QED) is 0.261. The minimum absolute atomic E-state index is 0.124. The minimum Gasteiger partial charge on any atom is -0.387 e. The van der Waals surface area contributed by atoms with Gasteiger partial charge in [0.2, 0.25) is 11.7 Å². The molecular formula is C23H34N4O. The van der Waals surface area contributed by atoms with E-state index in [1.54, 1.807) is 0 Å². The summed E-state index contributed by atoms with van der Waals surface area (Å²) in [7, 11) is 0. The third kappa shape index (κ3) is 5.21. The van der Waals surface area contributed by atoms with Gasteiger partial charge in [-0.15, -0.1) is 0 Å². The Morgan fingerprint density at radius 3 is 2.18 bits per heavy atom. The average molecular weight is 383 g/mol. The van der Waals surface area contributed by atoms with Gasteiger partial charge in [0.15, 0.2) is 0 Å². The van der Waals surface area contributed by atoms with Crippen LogP contribution in [-0.2, 0) is 11.8 Å². The minimum atomic E-state index is -0.499. The van der Waals surface area contributed by atoms with Crippen LogP contribution in [0.5, 0.6) is 0 Å².